The average Bonchev–Trinajstić information content (AvgIpc) is 2.62. The zero-order valence-electron chi connectivity index (χ0n) is 12.8. The molecule has 1 heterocycles. The summed E-state index contributed by atoms with van der Waals surface area (Å²) in [6, 6.07) is 8.97. The van der Waals surface area contributed by atoms with Crippen molar-refractivity contribution >= 4 is 17.9 Å². The number of nitrogen functional groups attached to an aromatic ring is 1. The molecule has 1 atom stereocenters. The Morgan fingerprint density at radius 1 is 1.29 bits per heavy atom. The second-order valence-electron chi connectivity index (χ2n) is 4.80. The fourth-order valence-corrected chi connectivity index (χ4v) is 1.96. The van der Waals surface area contributed by atoms with E-state index in [1.54, 1.807) is 0 Å². The number of aliphatic hydroxyl groups is 1. The van der Waals surface area contributed by atoms with Crippen LogP contribution < -0.4 is 16.4 Å². The molecule has 0 fully saturated rings. The van der Waals surface area contributed by atoms with Gasteiger partial charge in [0.25, 0.3) is 5.91 Å². The van der Waals surface area contributed by atoms with E-state index in [2.05, 4.69) is 20.6 Å². The third-order valence-corrected chi connectivity index (χ3v) is 3.18. The van der Waals surface area contributed by atoms with Crippen molar-refractivity contribution < 1.29 is 9.90 Å². The SMILES string of the molecule is N=C/C(=C\NC(CO)c1ccccc1)NC(=O)c1nccnc1N. The smallest absolute Gasteiger partial charge is 0.278 e. The molecule has 0 saturated carbocycles. The quantitative estimate of drug-likeness (QED) is 0.473. The van der Waals surface area contributed by atoms with Gasteiger partial charge in [-0.25, -0.2) is 9.97 Å². The zero-order valence-corrected chi connectivity index (χ0v) is 12.8. The van der Waals surface area contributed by atoms with Gasteiger partial charge >= 0.3 is 0 Å². The molecule has 6 N–H and O–H groups in total. The topological polar surface area (TPSA) is 137 Å². The first kappa shape index (κ1) is 17.1. The normalized spacial score (nSPS) is 12.3. The van der Waals surface area contributed by atoms with Crippen LogP contribution in [0.15, 0.2) is 54.6 Å². The van der Waals surface area contributed by atoms with Gasteiger partial charge in [0.2, 0.25) is 0 Å². The van der Waals surface area contributed by atoms with Gasteiger partial charge in [0.05, 0.1) is 18.3 Å². The second-order valence-corrected chi connectivity index (χ2v) is 4.80. The fourth-order valence-electron chi connectivity index (χ4n) is 1.96. The molecule has 2 rings (SSSR count). The number of carbonyl (C=O) groups is 1. The van der Waals surface area contributed by atoms with Crippen LogP contribution in [0.4, 0.5) is 5.82 Å². The second kappa shape index (κ2) is 8.39. The van der Waals surface area contributed by atoms with Crippen molar-refractivity contribution in [3.05, 3.63) is 65.9 Å². The summed E-state index contributed by atoms with van der Waals surface area (Å²) in [5.41, 5.74) is 6.65. The number of hydrogen-bond acceptors (Lipinski definition) is 7. The number of rotatable bonds is 7. The van der Waals surface area contributed by atoms with E-state index in [0.717, 1.165) is 11.8 Å². The highest BCUT2D eigenvalue weighted by Crippen LogP contribution is 2.11. The van der Waals surface area contributed by atoms with E-state index in [4.69, 9.17) is 11.1 Å². The highest BCUT2D eigenvalue weighted by molar-refractivity contribution is 5.99. The van der Waals surface area contributed by atoms with Crippen LogP contribution in [0.25, 0.3) is 0 Å². The molecule has 1 amide bonds. The van der Waals surface area contributed by atoms with Crippen LogP contribution in [0.1, 0.15) is 22.1 Å². The molecule has 0 spiro atoms. The van der Waals surface area contributed by atoms with Crippen LogP contribution in [-0.2, 0) is 0 Å². The Morgan fingerprint density at radius 2 is 2.00 bits per heavy atom. The van der Waals surface area contributed by atoms with Crippen molar-refractivity contribution in [2.24, 2.45) is 0 Å². The summed E-state index contributed by atoms with van der Waals surface area (Å²) < 4.78 is 0. The molecule has 1 aromatic heterocycles. The summed E-state index contributed by atoms with van der Waals surface area (Å²) in [6.07, 6.45) is 5.14. The summed E-state index contributed by atoms with van der Waals surface area (Å²) in [5, 5.41) is 22.4. The first-order valence-corrected chi connectivity index (χ1v) is 7.16. The molecule has 1 unspecified atom stereocenters. The molecule has 24 heavy (non-hydrogen) atoms. The van der Waals surface area contributed by atoms with Crippen LogP contribution in [0.2, 0.25) is 0 Å². The number of benzene rings is 1. The Kier molecular flexibility index (Phi) is 5.98. The molecular weight excluding hydrogens is 308 g/mol. The number of anilines is 1. The number of nitrogens with one attached hydrogen (secondary N) is 3. The summed E-state index contributed by atoms with van der Waals surface area (Å²) in [7, 11) is 0. The highest BCUT2D eigenvalue weighted by Gasteiger charge is 2.13. The monoisotopic (exact) mass is 326 g/mol. The Bertz CT molecular complexity index is 732. The number of aromatic nitrogens is 2. The van der Waals surface area contributed by atoms with Crippen LogP contribution in [0.3, 0.4) is 0 Å². The van der Waals surface area contributed by atoms with Gasteiger partial charge in [-0.3, -0.25) is 4.79 Å². The van der Waals surface area contributed by atoms with Gasteiger partial charge < -0.3 is 26.9 Å². The predicted molar refractivity (Wildman–Crippen MR) is 90.2 cm³/mol. The van der Waals surface area contributed by atoms with Gasteiger partial charge in [-0.1, -0.05) is 30.3 Å². The lowest BCUT2D eigenvalue weighted by atomic mass is 10.1. The lowest BCUT2D eigenvalue weighted by Crippen LogP contribution is -2.28. The van der Waals surface area contributed by atoms with Crippen LogP contribution in [0.5, 0.6) is 0 Å². The van der Waals surface area contributed by atoms with E-state index in [1.165, 1.54) is 18.6 Å². The molecule has 0 aliphatic carbocycles. The lowest BCUT2D eigenvalue weighted by Gasteiger charge is -2.16. The van der Waals surface area contributed by atoms with Gasteiger partial charge in [-0.05, 0) is 5.56 Å². The number of aliphatic hydroxyl groups excluding tert-OH is 1. The standard InChI is InChI=1S/C16H18N6O2/c17-8-12(22-16(24)14-15(18)20-7-6-19-14)9-21-13(10-23)11-4-2-1-3-5-11/h1-9,13,17,21,23H,10H2,(H2,18,20)(H,22,24)/b12-9+,17-8?. The van der Waals surface area contributed by atoms with E-state index in [-0.39, 0.29) is 29.9 Å². The predicted octanol–water partition coefficient (Wildman–Crippen LogP) is 0.603. The van der Waals surface area contributed by atoms with Gasteiger partial charge in [-0.2, -0.15) is 0 Å². The molecule has 0 radical (unpaired) electrons. The maximum atomic E-state index is 12.1. The van der Waals surface area contributed by atoms with Crippen LogP contribution in [0, 0.1) is 5.41 Å². The van der Waals surface area contributed by atoms with Crippen LogP contribution in [-0.4, -0.2) is 33.8 Å². The molecule has 0 aliphatic rings. The van der Waals surface area contributed by atoms with E-state index < -0.39 is 5.91 Å². The van der Waals surface area contributed by atoms with E-state index >= 15 is 0 Å². The molecule has 0 saturated heterocycles. The lowest BCUT2D eigenvalue weighted by molar-refractivity contribution is 0.0963. The number of nitrogens with two attached hydrogens (primary N) is 1. The van der Waals surface area contributed by atoms with Gasteiger partial charge in [0, 0.05) is 24.8 Å². The molecule has 0 aliphatic heterocycles. The number of carbonyl (C=O) groups excluding carboxylic acids is 1. The van der Waals surface area contributed by atoms with Gasteiger partial charge in [0.15, 0.2) is 11.5 Å². The Labute approximate surface area is 139 Å². The number of nitrogens with zero attached hydrogens (tertiary/aromatic N) is 2. The minimum atomic E-state index is -0.572. The Morgan fingerprint density at radius 3 is 2.62 bits per heavy atom. The van der Waals surface area contributed by atoms with Gasteiger partial charge in [0.1, 0.15) is 0 Å². The van der Waals surface area contributed by atoms with Crippen molar-refractivity contribution in [1.29, 1.82) is 5.41 Å². The first-order valence-electron chi connectivity index (χ1n) is 7.16. The molecule has 1 aromatic carbocycles. The van der Waals surface area contributed by atoms with Crippen LogP contribution >= 0.6 is 0 Å². The maximum absolute atomic E-state index is 12.1. The third-order valence-electron chi connectivity index (χ3n) is 3.18. The summed E-state index contributed by atoms with van der Waals surface area (Å²) in [4.78, 5) is 19.8. The van der Waals surface area contributed by atoms with Crippen molar-refractivity contribution in [2.75, 3.05) is 12.3 Å². The number of amides is 1. The minimum Gasteiger partial charge on any atom is -0.394 e. The van der Waals surface area contributed by atoms with Crippen molar-refractivity contribution in [3.8, 4) is 0 Å². The maximum Gasteiger partial charge on any atom is 0.278 e. The van der Waals surface area contributed by atoms with E-state index in [1.807, 2.05) is 30.3 Å². The molecule has 8 nitrogen and oxygen atoms in total. The molecule has 0 bridgehead atoms. The fraction of sp³-hybridized carbons (Fsp3) is 0.125. The van der Waals surface area contributed by atoms with E-state index in [9.17, 15) is 9.90 Å². The Hall–Kier alpha value is -3.26. The zero-order chi connectivity index (χ0) is 17.4. The molecule has 8 heteroatoms. The number of allylic oxidation sites excluding steroid dienone is 1. The molecule has 2 aromatic rings. The largest absolute Gasteiger partial charge is 0.394 e. The summed E-state index contributed by atoms with van der Waals surface area (Å²) >= 11 is 0. The van der Waals surface area contributed by atoms with Gasteiger partial charge in [-0.15, -0.1) is 0 Å². The average molecular weight is 326 g/mol. The molecular formula is C16H18N6O2. The van der Waals surface area contributed by atoms with Crippen molar-refractivity contribution in [1.82, 2.24) is 20.6 Å². The first-order chi connectivity index (χ1) is 11.7. The van der Waals surface area contributed by atoms with Crippen molar-refractivity contribution in [3.63, 3.8) is 0 Å². The highest BCUT2D eigenvalue weighted by atomic mass is 16.3. The Balaban J connectivity index is 2.07. The number of hydrogen-bond donors (Lipinski definition) is 5. The molecule has 124 valence electrons. The third kappa shape index (κ3) is 4.37. The minimum absolute atomic E-state index is 0.00445. The van der Waals surface area contributed by atoms with E-state index in [0.29, 0.717) is 0 Å². The van der Waals surface area contributed by atoms with Crippen molar-refractivity contribution in [2.45, 2.75) is 6.04 Å². The summed E-state index contributed by atoms with van der Waals surface area (Å²) in [6.45, 7) is -0.142. The summed E-state index contributed by atoms with van der Waals surface area (Å²) in [5.74, 6) is -0.567.